The molecule has 4 heterocycles. The van der Waals surface area contributed by atoms with Crippen LogP contribution in [0.5, 0.6) is 0 Å². The van der Waals surface area contributed by atoms with Crippen LogP contribution in [0.4, 0.5) is 0 Å². The first-order valence-electron chi connectivity index (χ1n) is 8.92. The van der Waals surface area contributed by atoms with E-state index in [9.17, 15) is 4.79 Å². The lowest BCUT2D eigenvalue weighted by Crippen LogP contribution is -2.39. The Hall–Kier alpha value is -2.19. The molecular formula is C18H20N6OS. The van der Waals surface area contributed by atoms with Crippen LogP contribution in [0.1, 0.15) is 42.2 Å². The summed E-state index contributed by atoms with van der Waals surface area (Å²) in [5, 5.41) is 10.8. The van der Waals surface area contributed by atoms with E-state index in [1.807, 2.05) is 29.3 Å². The monoisotopic (exact) mass is 368 g/mol. The lowest BCUT2D eigenvalue weighted by atomic mass is 9.99. The van der Waals surface area contributed by atoms with Gasteiger partial charge >= 0.3 is 0 Å². The number of fused-ring (bicyclic) bond motifs is 5. The van der Waals surface area contributed by atoms with Crippen LogP contribution in [0.15, 0.2) is 23.5 Å². The van der Waals surface area contributed by atoms with E-state index in [1.54, 1.807) is 0 Å². The summed E-state index contributed by atoms with van der Waals surface area (Å²) >= 11 is 1.50. The minimum atomic E-state index is -0.496. The highest BCUT2D eigenvalue weighted by Gasteiger charge is 2.36. The van der Waals surface area contributed by atoms with Crippen LogP contribution in [-0.2, 0) is 0 Å². The highest BCUT2D eigenvalue weighted by atomic mass is 32.2. The van der Waals surface area contributed by atoms with Gasteiger partial charge in [0.1, 0.15) is 5.52 Å². The Labute approximate surface area is 154 Å². The lowest BCUT2D eigenvalue weighted by molar-refractivity contribution is 0.0995. The number of carbonyl (C=O) groups is 1. The van der Waals surface area contributed by atoms with Gasteiger partial charge in [0.15, 0.2) is 10.9 Å². The lowest BCUT2D eigenvalue weighted by Gasteiger charge is -2.29. The van der Waals surface area contributed by atoms with Crippen LogP contribution < -0.4 is 11.1 Å². The SMILES string of the molecule is CSc1ncc2ccc3c(C(N)=O)nn(C4CC5CCC(C4)N5)c3c2n1. The highest BCUT2D eigenvalue weighted by molar-refractivity contribution is 7.98. The van der Waals surface area contributed by atoms with Crippen molar-refractivity contribution in [2.24, 2.45) is 5.73 Å². The maximum Gasteiger partial charge on any atom is 0.269 e. The number of benzene rings is 1. The number of primary amides is 1. The summed E-state index contributed by atoms with van der Waals surface area (Å²) in [6.45, 7) is 0. The molecule has 1 aromatic carbocycles. The third kappa shape index (κ3) is 2.39. The van der Waals surface area contributed by atoms with Gasteiger partial charge in [0.25, 0.3) is 5.91 Å². The number of rotatable bonds is 3. The third-order valence-corrected chi connectivity index (χ3v) is 6.17. The van der Waals surface area contributed by atoms with Crippen LogP contribution in [0.3, 0.4) is 0 Å². The molecule has 7 nitrogen and oxygen atoms in total. The fourth-order valence-corrected chi connectivity index (χ4v) is 4.81. The number of aromatic nitrogens is 4. The van der Waals surface area contributed by atoms with Crippen molar-refractivity contribution >= 4 is 39.5 Å². The maximum atomic E-state index is 12.0. The Morgan fingerprint density at radius 2 is 2.08 bits per heavy atom. The average molecular weight is 368 g/mol. The molecule has 8 heteroatoms. The molecule has 0 aliphatic carbocycles. The van der Waals surface area contributed by atoms with E-state index in [2.05, 4.69) is 15.4 Å². The smallest absolute Gasteiger partial charge is 0.269 e. The summed E-state index contributed by atoms with van der Waals surface area (Å²) in [6.07, 6.45) is 8.24. The highest BCUT2D eigenvalue weighted by Crippen LogP contribution is 2.37. The molecule has 0 spiro atoms. The first-order valence-corrected chi connectivity index (χ1v) is 10.1. The predicted octanol–water partition coefficient (Wildman–Crippen LogP) is 2.26. The van der Waals surface area contributed by atoms with Crippen LogP contribution in [0, 0.1) is 0 Å². The standard InChI is InChI=1S/C18H20N6OS/c1-26-18-20-8-9-2-5-13-15(17(19)25)23-24(16(13)14(9)22-18)12-6-10-3-4-11(7-12)21-10/h2,5,8,10-12,21H,3-4,6-7H2,1H3,(H2,19,25). The van der Waals surface area contributed by atoms with Crippen LogP contribution in [0.25, 0.3) is 21.8 Å². The third-order valence-electron chi connectivity index (χ3n) is 5.61. The summed E-state index contributed by atoms with van der Waals surface area (Å²) in [5.41, 5.74) is 7.70. The molecule has 26 heavy (non-hydrogen) atoms. The molecule has 0 radical (unpaired) electrons. The predicted molar refractivity (Wildman–Crippen MR) is 101 cm³/mol. The normalized spacial score (nSPS) is 25.2. The van der Waals surface area contributed by atoms with E-state index in [4.69, 9.17) is 10.7 Å². The van der Waals surface area contributed by atoms with Crippen molar-refractivity contribution in [3.05, 3.63) is 24.0 Å². The maximum absolute atomic E-state index is 12.0. The first kappa shape index (κ1) is 16.0. The molecule has 2 bridgehead atoms. The van der Waals surface area contributed by atoms with E-state index < -0.39 is 5.91 Å². The number of amides is 1. The van der Waals surface area contributed by atoms with Gasteiger partial charge in [-0.15, -0.1) is 0 Å². The van der Waals surface area contributed by atoms with E-state index in [0.29, 0.717) is 22.9 Å². The van der Waals surface area contributed by atoms with Gasteiger partial charge in [0, 0.05) is 29.1 Å². The van der Waals surface area contributed by atoms with Gasteiger partial charge in [0.05, 0.1) is 11.6 Å². The van der Waals surface area contributed by atoms with Gasteiger partial charge in [-0.25, -0.2) is 9.97 Å². The zero-order chi connectivity index (χ0) is 17.8. The van der Waals surface area contributed by atoms with Gasteiger partial charge in [-0.3, -0.25) is 9.48 Å². The quantitative estimate of drug-likeness (QED) is 0.543. The van der Waals surface area contributed by atoms with E-state index in [1.165, 1.54) is 24.6 Å². The number of nitrogens with zero attached hydrogens (tertiary/aromatic N) is 4. The van der Waals surface area contributed by atoms with Gasteiger partial charge in [0.2, 0.25) is 0 Å². The summed E-state index contributed by atoms with van der Waals surface area (Å²) in [4.78, 5) is 21.1. The number of hydrogen-bond donors (Lipinski definition) is 2. The van der Waals surface area contributed by atoms with Gasteiger partial charge < -0.3 is 11.1 Å². The number of thioether (sulfide) groups is 1. The second kappa shape index (κ2) is 5.92. The van der Waals surface area contributed by atoms with Crippen LogP contribution >= 0.6 is 11.8 Å². The molecule has 3 N–H and O–H groups in total. The Balaban J connectivity index is 1.78. The fraction of sp³-hybridized carbons (Fsp3) is 0.444. The number of hydrogen-bond acceptors (Lipinski definition) is 6. The minimum absolute atomic E-state index is 0.252. The van der Waals surface area contributed by atoms with Crippen molar-refractivity contribution in [2.45, 2.75) is 49.0 Å². The summed E-state index contributed by atoms with van der Waals surface area (Å²) in [5.74, 6) is -0.496. The largest absolute Gasteiger partial charge is 0.364 e. The van der Waals surface area contributed by atoms with Crippen LogP contribution in [-0.4, -0.2) is 44.0 Å². The van der Waals surface area contributed by atoms with Crippen molar-refractivity contribution in [3.63, 3.8) is 0 Å². The van der Waals surface area contributed by atoms with Crippen molar-refractivity contribution in [2.75, 3.05) is 6.26 Å². The van der Waals surface area contributed by atoms with Crippen molar-refractivity contribution < 1.29 is 4.79 Å². The second-order valence-corrected chi connectivity index (χ2v) is 7.95. The molecule has 2 unspecified atom stereocenters. The molecule has 3 aromatic rings. The second-order valence-electron chi connectivity index (χ2n) is 7.18. The zero-order valence-electron chi connectivity index (χ0n) is 14.5. The zero-order valence-corrected chi connectivity index (χ0v) is 15.3. The summed E-state index contributed by atoms with van der Waals surface area (Å²) in [7, 11) is 0. The van der Waals surface area contributed by atoms with Crippen molar-refractivity contribution in [1.82, 2.24) is 25.1 Å². The number of carbonyl (C=O) groups excluding carboxylic acids is 1. The molecule has 2 aliphatic rings. The topological polar surface area (TPSA) is 98.7 Å². The first-order chi connectivity index (χ1) is 12.6. The Bertz CT molecular complexity index is 1020. The number of nitrogens with two attached hydrogens (primary N) is 1. The van der Waals surface area contributed by atoms with Crippen molar-refractivity contribution in [3.8, 4) is 0 Å². The van der Waals surface area contributed by atoms with Gasteiger partial charge in [-0.05, 0) is 38.0 Å². The van der Waals surface area contributed by atoms with E-state index >= 15 is 0 Å². The molecule has 5 rings (SSSR count). The Kier molecular flexibility index (Phi) is 3.65. The molecule has 2 saturated heterocycles. The fourth-order valence-electron chi connectivity index (χ4n) is 4.47. The summed E-state index contributed by atoms with van der Waals surface area (Å²) < 4.78 is 2.01. The molecule has 134 valence electrons. The number of piperidine rings is 1. The molecule has 2 aromatic heterocycles. The van der Waals surface area contributed by atoms with Crippen molar-refractivity contribution in [1.29, 1.82) is 0 Å². The van der Waals surface area contributed by atoms with E-state index in [0.717, 1.165) is 34.6 Å². The molecular weight excluding hydrogens is 348 g/mol. The summed E-state index contributed by atoms with van der Waals surface area (Å²) in [6, 6.07) is 5.16. The molecule has 1 amide bonds. The molecule has 2 fully saturated rings. The molecule has 2 atom stereocenters. The Morgan fingerprint density at radius 1 is 1.31 bits per heavy atom. The minimum Gasteiger partial charge on any atom is -0.364 e. The van der Waals surface area contributed by atoms with Crippen LogP contribution in [0.2, 0.25) is 0 Å². The van der Waals surface area contributed by atoms with Gasteiger partial charge in [-0.1, -0.05) is 17.8 Å². The average Bonchev–Trinajstić information content (AvgIpc) is 3.21. The Morgan fingerprint density at radius 3 is 2.77 bits per heavy atom. The number of nitrogens with one attached hydrogen (secondary N) is 1. The molecule has 2 aliphatic heterocycles. The van der Waals surface area contributed by atoms with Gasteiger partial charge in [-0.2, -0.15) is 5.10 Å². The van der Waals surface area contributed by atoms with E-state index in [-0.39, 0.29) is 6.04 Å². The molecule has 0 saturated carbocycles.